The van der Waals surface area contributed by atoms with Crippen LogP contribution in [-0.2, 0) is 4.79 Å². The average Bonchev–Trinajstić information content (AvgIpc) is 2.60. The number of hydrogen-bond acceptors (Lipinski definition) is 4. The summed E-state index contributed by atoms with van der Waals surface area (Å²) in [4.78, 5) is 22.9. The summed E-state index contributed by atoms with van der Waals surface area (Å²) in [5.41, 5.74) is 4.07. The maximum atomic E-state index is 11.8. The molecule has 2 rings (SSSR count). The van der Waals surface area contributed by atoms with Crippen molar-refractivity contribution < 1.29 is 19.4 Å². The number of ether oxygens (including phenoxy) is 1. The molecule has 136 valence electrons. The number of hydrogen-bond donors (Lipinski definition) is 2. The fraction of sp³-hybridized carbons (Fsp3) is 0.211. The standard InChI is InChI=1S/C19H19BrN2O4/c1-13-8-9-17(16(20)11-13)26-10-4-7-18(23)22-21-12-14-5-2-3-6-15(14)19(24)25/h2-3,5-6,8-9,11-12H,4,7,10H2,1H3,(H,22,23)(H,24,25)/b21-12+. The Labute approximate surface area is 160 Å². The van der Waals surface area contributed by atoms with Crippen LogP contribution in [0.5, 0.6) is 5.75 Å². The van der Waals surface area contributed by atoms with Gasteiger partial charge in [0.25, 0.3) is 0 Å². The molecule has 0 radical (unpaired) electrons. The summed E-state index contributed by atoms with van der Waals surface area (Å²) < 4.78 is 6.51. The molecule has 6 nitrogen and oxygen atoms in total. The Morgan fingerprint density at radius 2 is 2.04 bits per heavy atom. The minimum absolute atomic E-state index is 0.127. The molecule has 2 aromatic rings. The number of benzene rings is 2. The van der Waals surface area contributed by atoms with Crippen LogP contribution in [0.3, 0.4) is 0 Å². The molecule has 0 saturated heterocycles. The summed E-state index contributed by atoms with van der Waals surface area (Å²) in [6.45, 7) is 2.40. The third-order valence-electron chi connectivity index (χ3n) is 3.48. The number of rotatable bonds is 8. The van der Waals surface area contributed by atoms with E-state index in [1.54, 1.807) is 18.2 Å². The highest BCUT2D eigenvalue weighted by atomic mass is 79.9. The molecular weight excluding hydrogens is 400 g/mol. The van der Waals surface area contributed by atoms with Gasteiger partial charge in [0, 0.05) is 12.0 Å². The molecule has 2 aromatic carbocycles. The topological polar surface area (TPSA) is 88.0 Å². The predicted octanol–water partition coefficient (Wildman–Crippen LogP) is 3.77. The zero-order valence-corrected chi connectivity index (χ0v) is 15.8. The first kappa shape index (κ1) is 19.7. The Balaban J connectivity index is 1.75. The number of aryl methyl sites for hydroxylation is 1. The van der Waals surface area contributed by atoms with Crippen molar-refractivity contribution in [1.29, 1.82) is 0 Å². The van der Waals surface area contributed by atoms with Gasteiger partial charge in [0.1, 0.15) is 5.75 Å². The van der Waals surface area contributed by atoms with Gasteiger partial charge in [-0.3, -0.25) is 4.79 Å². The smallest absolute Gasteiger partial charge is 0.336 e. The molecule has 0 heterocycles. The van der Waals surface area contributed by atoms with Crippen LogP contribution in [0.4, 0.5) is 0 Å². The summed E-state index contributed by atoms with van der Waals surface area (Å²) in [5.74, 6) is -0.572. The number of nitrogens with one attached hydrogen (secondary N) is 1. The highest BCUT2D eigenvalue weighted by Crippen LogP contribution is 2.25. The molecule has 2 N–H and O–H groups in total. The van der Waals surface area contributed by atoms with E-state index in [0.29, 0.717) is 18.6 Å². The second-order valence-corrected chi connectivity index (χ2v) is 6.43. The van der Waals surface area contributed by atoms with E-state index in [4.69, 9.17) is 9.84 Å². The number of carboxylic acid groups (broad SMARTS) is 1. The van der Waals surface area contributed by atoms with Gasteiger partial charge in [-0.15, -0.1) is 0 Å². The Morgan fingerprint density at radius 1 is 1.27 bits per heavy atom. The summed E-state index contributed by atoms with van der Waals surface area (Å²) in [6, 6.07) is 12.2. The van der Waals surface area contributed by atoms with E-state index < -0.39 is 5.97 Å². The zero-order valence-electron chi connectivity index (χ0n) is 14.2. The van der Waals surface area contributed by atoms with E-state index >= 15 is 0 Å². The van der Waals surface area contributed by atoms with Crippen LogP contribution in [0, 0.1) is 6.92 Å². The van der Waals surface area contributed by atoms with E-state index in [9.17, 15) is 9.59 Å². The molecule has 0 unspecified atom stereocenters. The molecule has 0 saturated carbocycles. The average molecular weight is 419 g/mol. The van der Waals surface area contributed by atoms with Crippen molar-refractivity contribution in [2.24, 2.45) is 5.10 Å². The van der Waals surface area contributed by atoms with Crippen LogP contribution in [0.2, 0.25) is 0 Å². The maximum Gasteiger partial charge on any atom is 0.336 e. The molecule has 26 heavy (non-hydrogen) atoms. The Kier molecular flexibility index (Phi) is 7.35. The Morgan fingerprint density at radius 3 is 2.77 bits per heavy atom. The number of carbonyl (C=O) groups is 2. The lowest BCUT2D eigenvalue weighted by molar-refractivity contribution is -0.121. The maximum absolute atomic E-state index is 11.8. The second kappa shape index (κ2) is 9.72. The lowest BCUT2D eigenvalue weighted by Crippen LogP contribution is -2.18. The van der Waals surface area contributed by atoms with Crippen LogP contribution in [0.25, 0.3) is 0 Å². The van der Waals surface area contributed by atoms with Gasteiger partial charge in [-0.1, -0.05) is 24.3 Å². The first-order valence-corrected chi connectivity index (χ1v) is 8.80. The monoisotopic (exact) mass is 418 g/mol. The van der Waals surface area contributed by atoms with E-state index in [-0.39, 0.29) is 17.9 Å². The van der Waals surface area contributed by atoms with E-state index in [0.717, 1.165) is 15.8 Å². The van der Waals surface area contributed by atoms with E-state index in [1.807, 2.05) is 25.1 Å². The minimum Gasteiger partial charge on any atom is -0.492 e. The van der Waals surface area contributed by atoms with Gasteiger partial charge in [0.15, 0.2) is 0 Å². The molecule has 0 bridgehead atoms. The first-order chi connectivity index (χ1) is 12.5. The summed E-state index contributed by atoms with van der Waals surface area (Å²) in [7, 11) is 0. The number of nitrogens with zero attached hydrogens (tertiary/aromatic N) is 1. The molecular formula is C19H19BrN2O4. The summed E-state index contributed by atoms with van der Waals surface area (Å²) in [5, 5.41) is 12.9. The van der Waals surface area contributed by atoms with Crippen molar-refractivity contribution in [1.82, 2.24) is 5.43 Å². The van der Waals surface area contributed by atoms with Gasteiger partial charge in [0.05, 0.1) is 22.9 Å². The molecule has 7 heteroatoms. The van der Waals surface area contributed by atoms with Crippen molar-refractivity contribution in [3.05, 3.63) is 63.6 Å². The Hall–Kier alpha value is -2.67. The highest BCUT2D eigenvalue weighted by Gasteiger charge is 2.07. The van der Waals surface area contributed by atoms with Crippen LogP contribution >= 0.6 is 15.9 Å². The molecule has 1 amide bonds. The first-order valence-electron chi connectivity index (χ1n) is 8.00. The van der Waals surface area contributed by atoms with Gasteiger partial charge in [-0.05, 0) is 53.0 Å². The van der Waals surface area contributed by atoms with Crippen molar-refractivity contribution in [2.45, 2.75) is 19.8 Å². The number of aromatic carboxylic acids is 1. The molecule has 0 fully saturated rings. The molecule has 0 spiro atoms. The molecule has 0 aliphatic heterocycles. The van der Waals surface area contributed by atoms with Gasteiger partial charge in [-0.2, -0.15) is 5.10 Å². The van der Waals surface area contributed by atoms with Gasteiger partial charge in [0.2, 0.25) is 5.91 Å². The third-order valence-corrected chi connectivity index (χ3v) is 4.10. The molecule has 0 aliphatic carbocycles. The summed E-state index contributed by atoms with van der Waals surface area (Å²) >= 11 is 3.44. The molecule has 0 aliphatic rings. The highest BCUT2D eigenvalue weighted by molar-refractivity contribution is 9.10. The fourth-order valence-corrected chi connectivity index (χ4v) is 2.78. The van der Waals surface area contributed by atoms with Crippen LogP contribution < -0.4 is 10.2 Å². The molecule has 0 aromatic heterocycles. The third kappa shape index (κ3) is 6.00. The Bertz CT molecular complexity index is 821. The number of carbonyl (C=O) groups excluding carboxylic acids is 1. The van der Waals surface area contributed by atoms with Crippen molar-refractivity contribution in [2.75, 3.05) is 6.61 Å². The zero-order chi connectivity index (χ0) is 18.9. The normalized spacial score (nSPS) is 10.7. The minimum atomic E-state index is -1.04. The predicted molar refractivity (Wildman–Crippen MR) is 103 cm³/mol. The number of halogens is 1. The lowest BCUT2D eigenvalue weighted by Gasteiger charge is -2.08. The van der Waals surface area contributed by atoms with E-state index in [2.05, 4.69) is 26.5 Å². The second-order valence-electron chi connectivity index (χ2n) is 5.57. The number of carboxylic acids is 1. The quantitative estimate of drug-likeness (QED) is 0.388. The fourth-order valence-electron chi connectivity index (χ4n) is 2.17. The largest absolute Gasteiger partial charge is 0.492 e. The van der Waals surface area contributed by atoms with Crippen LogP contribution in [-0.4, -0.2) is 29.8 Å². The van der Waals surface area contributed by atoms with Crippen LogP contribution in [0.1, 0.15) is 34.3 Å². The van der Waals surface area contributed by atoms with Crippen molar-refractivity contribution >= 4 is 34.0 Å². The molecule has 0 atom stereocenters. The van der Waals surface area contributed by atoms with Crippen molar-refractivity contribution in [3.63, 3.8) is 0 Å². The summed E-state index contributed by atoms with van der Waals surface area (Å²) in [6.07, 6.45) is 2.11. The van der Waals surface area contributed by atoms with Gasteiger partial charge in [-0.25, -0.2) is 10.2 Å². The SMILES string of the molecule is Cc1ccc(OCCCC(=O)N/N=C/c2ccccc2C(=O)O)c(Br)c1. The van der Waals surface area contributed by atoms with Crippen molar-refractivity contribution in [3.8, 4) is 5.75 Å². The van der Waals surface area contributed by atoms with Gasteiger partial charge >= 0.3 is 5.97 Å². The van der Waals surface area contributed by atoms with E-state index in [1.165, 1.54) is 12.3 Å². The number of hydrazone groups is 1. The van der Waals surface area contributed by atoms with Gasteiger partial charge < -0.3 is 9.84 Å². The lowest BCUT2D eigenvalue weighted by atomic mass is 10.1. The van der Waals surface area contributed by atoms with Crippen LogP contribution in [0.15, 0.2) is 52.0 Å². The number of amides is 1.